The Morgan fingerprint density at radius 3 is 2.67 bits per heavy atom. The third-order valence-corrected chi connectivity index (χ3v) is 3.23. The molecule has 0 radical (unpaired) electrons. The number of hydrogen-bond acceptors (Lipinski definition) is 3. The van der Waals surface area contributed by atoms with Crippen LogP contribution in [0.25, 0.3) is 0 Å². The van der Waals surface area contributed by atoms with Crippen molar-refractivity contribution in [1.29, 1.82) is 0 Å². The van der Waals surface area contributed by atoms with Gasteiger partial charge in [-0.15, -0.1) is 6.58 Å². The van der Waals surface area contributed by atoms with Crippen molar-refractivity contribution < 1.29 is 14.6 Å². The van der Waals surface area contributed by atoms with Gasteiger partial charge >= 0.3 is 6.09 Å². The molecule has 18 heavy (non-hydrogen) atoms. The molecule has 1 aliphatic heterocycles. The molecule has 1 N–H and O–H groups in total. The minimum Gasteiger partial charge on any atom is -0.444 e. The van der Waals surface area contributed by atoms with Gasteiger partial charge in [-0.3, -0.25) is 0 Å². The number of hydrogen-bond donors (Lipinski definition) is 1. The fourth-order valence-electron chi connectivity index (χ4n) is 2.18. The normalized spacial score (nSPS) is 23.6. The number of carbonyl (C=O) groups excluding carboxylic acids is 1. The first-order valence-electron chi connectivity index (χ1n) is 6.56. The number of aliphatic hydroxyl groups excluding tert-OH is 1. The van der Waals surface area contributed by atoms with Gasteiger partial charge in [-0.05, 0) is 33.6 Å². The summed E-state index contributed by atoms with van der Waals surface area (Å²) < 4.78 is 5.37. The second kappa shape index (κ2) is 5.74. The van der Waals surface area contributed by atoms with Crippen LogP contribution in [0.2, 0.25) is 0 Å². The van der Waals surface area contributed by atoms with Crippen molar-refractivity contribution in [3.63, 3.8) is 0 Å². The van der Waals surface area contributed by atoms with Crippen molar-refractivity contribution >= 4 is 6.09 Å². The van der Waals surface area contributed by atoms with Crippen LogP contribution in [0.4, 0.5) is 4.79 Å². The van der Waals surface area contributed by atoms with Gasteiger partial charge in [0, 0.05) is 12.5 Å². The van der Waals surface area contributed by atoms with E-state index in [1.807, 2.05) is 27.7 Å². The molecule has 0 saturated carbocycles. The van der Waals surface area contributed by atoms with Crippen molar-refractivity contribution in [2.24, 2.45) is 5.92 Å². The van der Waals surface area contributed by atoms with Gasteiger partial charge in [-0.25, -0.2) is 4.79 Å². The number of amides is 1. The van der Waals surface area contributed by atoms with Crippen LogP contribution >= 0.6 is 0 Å². The number of likely N-dealkylation sites (tertiary alicyclic amines) is 1. The highest BCUT2D eigenvalue weighted by Gasteiger charge is 2.37. The van der Waals surface area contributed by atoms with Crippen LogP contribution in [0.1, 0.15) is 40.5 Å². The quantitative estimate of drug-likeness (QED) is 0.788. The highest BCUT2D eigenvalue weighted by Crippen LogP contribution is 2.26. The Hall–Kier alpha value is -1.03. The van der Waals surface area contributed by atoms with Gasteiger partial charge in [0.1, 0.15) is 5.60 Å². The van der Waals surface area contributed by atoms with Gasteiger partial charge < -0.3 is 14.7 Å². The Morgan fingerprint density at radius 2 is 2.17 bits per heavy atom. The van der Waals surface area contributed by atoms with Crippen LogP contribution in [0.3, 0.4) is 0 Å². The third kappa shape index (κ3) is 3.73. The highest BCUT2D eigenvalue weighted by molar-refractivity contribution is 5.69. The monoisotopic (exact) mass is 255 g/mol. The molecule has 4 nitrogen and oxygen atoms in total. The SMILES string of the molecule is C=C[C@H](C)[C@@H](O)[C@H]1CCCN1C(=O)OC(C)(C)C. The second-order valence-corrected chi connectivity index (χ2v) is 5.97. The van der Waals surface area contributed by atoms with E-state index in [-0.39, 0.29) is 18.1 Å². The van der Waals surface area contributed by atoms with Crippen molar-refractivity contribution in [1.82, 2.24) is 4.90 Å². The summed E-state index contributed by atoms with van der Waals surface area (Å²) in [6.45, 7) is 11.8. The summed E-state index contributed by atoms with van der Waals surface area (Å²) in [7, 11) is 0. The predicted octanol–water partition coefficient (Wildman–Crippen LogP) is 2.57. The molecule has 0 aromatic rings. The average Bonchev–Trinajstić information content (AvgIpc) is 2.73. The van der Waals surface area contributed by atoms with E-state index in [1.165, 1.54) is 0 Å². The molecule has 1 rings (SSSR count). The minimum absolute atomic E-state index is 0.0296. The molecule has 1 fully saturated rings. The van der Waals surface area contributed by atoms with Crippen LogP contribution < -0.4 is 0 Å². The van der Waals surface area contributed by atoms with Crippen molar-refractivity contribution in [3.05, 3.63) is 12.7 Å². The molecular formula is C14H25NO3. The number of carbonyl (C=O) groups is 1. The van der Waals surface area contributed by atoms with E-state index >= 15 is 0 Å². The van der Waals surface area contributed by atoms with Gasteiger partial charge in [-0.1, -0.05) is 13.0 Å². The lowest BCUT2D eigenvalue weighted by Gasteiger charge is -2.32. The first-order chi connectivity index (χ1) is 8.26. The molecule has 0 bridgehead atoms. The summed E-state index contributed by atoms with van der Waals surface area (Å²) >= 11 is 0. The van der Waals surface area contributed by atoms with Gasteiger partial charge in [0.15, 0.2) is 0 Å². The maximum Gasteiger partial charge on any atom is 0.410 e. The van der Waals surface area contributed by atoms with Crippen LogP contribution in [-0.4, -0.2) is 40.4 Å². The lowest BCUT2D eigenvalue weighted by molar-refractivity contribution is -0.00100. The zero-order valence-electron chi connectivity index (χ0n) is 11.8. The molecule has 0 aromatic carbocycles. The maximum absolute atomic E-state index is 12.1. The lowest BCUT2D eigenvalue weighted by atomic mass is 9.96. The first-order valence-corrected chi connectivity index (χ1v) is 6.56. The number of rotatable bonds is 3. The first kappa shape index (κ1) is 15.0. The molecule has 1 aliphatic rings. The van der Waals surface area contributed by atoms with E-state index in [4.69, 9.17) is 4.74 Å². The fraction of sp³-hybridized carbons (Fsp3) is 0.786. The highest BCUT2D eigenvalue weighted by atomic mass is 16.6. The fourth-order valence-corrected chi connectivity index (χ4v) is 2.18. The van der Waals surface area contributed by atoms with E-state index in [0.717, 1.165) is 12.8 Å². The number of aliphatic hydroxyl groups is 1. The largest absolute Gasteiger partial charge is 0.444 e. The topological polar surface area (TPSA) is 49.8 Å². The summed E-state index contributed by atoms with van der Waals surface area (Å²) in [6, 6.07) is -0.159. The van der Waals surface area contributed by atoms with Gasteiger partial charge in [0.25, 0.3) is 0 Å². The lowest BCUT2D eigenvalue weighted by Crippen LogP contribution is -2.46. The van der Waals surface area contributed by atoms with Crippen LogP contribution in [0.15, 0.2) is 12.7 Å². The van der Waals surface area contributed by atoms with Crippen LogP contribution in [0.5, 0.6) is 0 Å². The molecule has 0 unspecified atom stereocenters. The average molecular weight is 255 g/mol. The second-order valence-electron chi connectivity index (χ2n) is 5.97. The Bertz CT molecular complexity index is 309. The van der Waals surface area contributed by atoms with Gasteiger partial charge in [-0.2, -0.15) is 0 Å². The maximum atomic E-state index is 12.1. The van der Waals surface area contributed by atoms with E-state index in [1.54, 1.807) is 11.0 Å². The standard InChI is InChI=1S/C14H25NO3/c1-6-10(2)12(16)11-8-7-9-15(11)13(17)18-14(3,4)5/h6,10-12,16H,1,7-9H2,2-5H3/t10-,11+,12+/m0/s1. The predicted molar refractivity (Wildman–Crippen MR) is 71.3 cm³/mol. The van der Waals surface area contributed by atoms with E-state index < -0.39 is 11.7 Å². The molecule has 104 valence electrons. The summed E-state index contributed by atoms with van der Waals surface area (Å²) in [5, 5.41) is 10.2. The van der Waals surface area contributed by atoms with E-state index in [2.05, 4.69) is 6.58 Å². The molecule has 1 amide bonds. The Morgan fingerprint density at radius 1 is 1.56 bits per heavy atom. The summed E-state index contributed by atoms with van der Waals surface area (Å²) in [5.41, 5.74) is -0.501. The summed E-state index contributed by atoms with van der Waals surface area (Å²) in [4.78, 5) is 13.7. The third-order valence-electron chi connectivity index (χ3n) is 3.23. The van der Waals surface area contributed by atoms with E-state index in [0.29, 0.717) is 6.54 Å². The molecular weight excluding hydrogens is 230 g/mol. The molecule has 1 heterocycles. The molecule has 3 atom stereocenters. The molecule has 0 spiro atoms. The molecule has 0 aromatic heterocycles. The van der Waals surface area contributed by atoms with Gasteiger partial charge in [0.2, 0.25) is 0 Å². The van der Waals surface area contributed by atoms with Crippen molar-refractivity contribution in [3.8, 4) is 0 Å². The summed E-state index contributed by atoms with van der Waals surface area (Å²) in [6.07, 6.45) is 2.54. The minimum atomic E-state index is -0.572. The van der Waals surface area contributed by atoms with E-state index in [9.17, 15) is 9.90 Å². The molecule has 1 saturated heterocycles. The zero-order chi connectivity index (χ0) is 13.9. The van der Waals surface area contributed by atoms with Gasteiger partial charge in [0.05, 0.1) is 12.1 Å². The molecule has 0 aliphatic carbocycles. The Balaban J connectivity index is 2.70. The summed E-state index contributed by atoms with van der Waals surface area (Å²) in [5.74, 6) is -0.0296. The smallest absolute Gasteiger partial charge is 0.410 e. The van der Waals surface area contributed by atoms with Crippen LogP contribution in [0, 0.1) is 5.92 Å². The number of ether oxygens (including phenoxy) is 1. The van der Waals surface area contributed by atoms with Crippen molar-refractivity contribution in [2.45, 2.75) is 58.3 Å². The Kier molecular flexibility index (Phi) is 4.79. The molecule has 4 heteroatoms. The Labute approximate surface area is 110 Å². The van der Waals surface area contributed by atoms with Crippen LogP contribution in [-0.2, 0) is 4.74 Å². The van der Waals surface area contributed by atoms with Crippen molar-refractivity contribution in [2.75, 3.05) is 6.54 Å². The zero-order valence-corrected chi connectivity index (χ0v) is 11.8. The number of nitrogens with zero attached hydrogens (tertiary/aromatic N) is 1.